The van der Waals surface area contributed by atoms with Crippen molar-refractivity contribution < 1.29 is 14.3 Å². The van der Waals surface area contributed by atoms with Crippen molar-refractivity contribution in [2.45, 2.75) is 19.3 Å². The number of carbonyl (C=O) groups is 2. The van der Waals surface area contributed by atoms with E-state index in [2.05, 4.69) is 10.3 Å². The summed E-state index contributed by atoms with van der Waals surface area (Å²) in [6.07, 6.45) is 0.804. The van der Waals surface area contributed by atoms with Crippen molar-refractivity contribution in [3.05, 3.63) is 83.6 Å². The molecule has 2 atom stereocenters. The number of ether oxygens (including phenoxy) is 1. The van der Waals surface area contributed by atoms with E-state index in [0.29, 0.717) is 17.1 Å². The molecule has 1 heterocycles. The third-order valence-corrected chi connectivity index (χ3v) is 6.32. The first-order chi connectivity index (χ1) is 16.0. The number of carbonyl (C=O) groups excluding carboxylic acids is 2. The van der Waals surface area contributed by atoms with Gasteiger partial charge in [-0.3, -0.25) is 9.59 Å². The number of rotatable bonds is 6. The van der Waals surface area contributed by atoms with Crippen molar-refractivity contribution in [1.29, 1.82) is 0 Å². The van der Waals surface area contributed by atoms with Crippen LogP contribution in [0.1, 0.15) is 34.0 Å². The fourth-order valence-corrected chi connectivity index (χ4v) is 4.52. The van der Waals surface area contributed by atoms with Gasteiger partial charge in [0.2, 0.25) is 5.91 Å². The Bertz CT molecular complexity index is 1370. The van der Waals surface area contributed by atoms with Gasteiger partial charge in [0, 0.05) is 22.4 Å². The Kier molecular flexibility index (Phi) is 5.13. The normalized spacial score (nSPS) is 17.0. The number of hydrogen-bond acceptors (Lipinski definition) is 3. The standard InChI is InChI=1S/C27H25N3O3/c1-15-7-12-23(33-2)22(13-15)30-27(32)20-14-19(20)16-8-10-17(11-9-16)24-18-5-3-4-6-21(18)29-25(24)26(28)31/h3-13,19-20,29H,14H2,1-2H3,(H2,28,31)(H,30,32). The fourth-order valence-electron chi connectivity index (χ4n) is 4.52. The molecule has 1 fully saturated rings. The monoisotopic (exact) mass is 439 g/mol. The Labute approximate surface area is 191 Å². The van der Waals surface area contributed by atoms with Crippen LogP contribution in [0.5, 0.6) is 5.75 Å². The SMILES string of the molecule is COc1ccc(C)cc1NC(=O)C1CC1c1ccc(-c2c(C(N)=O)[nH]c3ccccc23)cc1. The smallest absolute Gasteiger partial charge is 0.265 e. The average Bonchev–Trinajstić information content (AvgIpc) is 3.52. The summed E-state index contributed by atoms with van der Waals surface area (Å²) < 4.78 is 5.37. The van der Waals surface area contributed by atoms with Crippen molar-refractivity contribution in [2.75, 3.05) is 12.4 Å². The molecule has 5 rings (SSSR count). The molecule has 0 bridgehead atoms. The molecule has 2 amide bonds. The summed E-state index contributed by atoms with van der Waals surface area (Å²) in [4.78, 5) is 28.0. The number of amides is 2. The molecule has 1 aliphatic rings. The predicted molar refractivity (Wildman–Crippen MR) is 129 cm³/mol. The van der Waals surface area contributed by atoms with E-state index in [1.807, 2.05) is 73.7 Å². The summed E-state index contributed by atoms with van der Waals surface area (Å²) in [6.45, 7) is 1.98. The molecule has 6 heteroatoms. The number of nitrogens with one attached hydrogen (secondary N) is 2. The number of methoxy groups -OCH3 is 1. The number of benzene rings is 3. The molecule has 4 aromatic rings. The van der Waals surface area contributed by atoms with Crippen molar-refractivity contribution in [2.24, 2.45) is 11.7 Å². The van der Waals surface area contributed by atoms with Crippen LogP contribution in [0.25, 0.3) is 22.0 Å². The molecule has 0 radical (unpaired) electrons. The van der Waals surface area contributed by atoms with Crippen LogP contribution in [-0.2, 0) is 4.79 Å². The van der Waals surface area contributed by atoms with Crippen molar-refractivity contribution in [1.82, 2.24) is 4.98 Å². The number of aromatic nitrogens is 1. The third-order valence-electron chi connectivity index (χ3n) is 6.32. The summed E-state index contributed by atoms with van der Waals surface area (Å²) in [5.74, 6) is 0.264. The molecule has 33 heavy (non-hydrogen) atoms. The minimum atomic E-state index is -0.490. The van der Waals surface area contributed by atoms with Crippen LogP contribution in [0.3, 0.4) is 0 Å². The van der Waals surface area contributed by atoms with Gasteiger partial charge >= 0.3 is 0 Å². The number of primary amides is 1. The van der Waals surface area contributed by atoms with Crippen LogP contribution >= 0.6 is 0 Å². The van der Waals surface area contributed by atoms with Crippen molar-refractivity contribution in [3.63, 3.8) is 0 Å². The average molecular weight is 440 g/mol. The molecule has 166 valence electrons. The molecular weight excluding hydrogens is 414 g/mol. The van der Waals surface area contributed by atoms with Gasteiger partial charge in [0.25, 0.3) is 5.91 Å². The maximum atomic E-state index is 12.8. The second-order valence-electron chi connectivity index (χ2n) is 8.55. The van der Waals surface area contributed by atoms with Gasteiger partial charge < -0.3 is 20.8 Å². The van der Waals surface area contributed by atoms with Gasteiger partial charge in [0.15, 0.2) is 0 Å². The van der Waals surface area contributed by atoms with E-state index in [1.165, 1.54) is 0 Å². The molecule has 2 unspecified atom stereocenters. The van der Waals surface area contributed by atoms with Gasteiger partial charge in [0.1, 0.15) is 11.4 Å². The number of nitrogens with two attached hydrogens (primary N) is 1. The Hall–Kier alpha value is -4.06. The Morgan fingerprint density at radius 2 is 1.82 bits per heavy atom. The summed E-state index contributed by atoms with van der Waals surface area (Å²) >= 11 is 0. The highest BCUT2D eigenvalue weighted by atomic mass is 16.5. The Morgan fingerprint density at radius 1 is 1.06 bits per heavy atom. The van der Waals surface area contributed by atoms with Crippen LogP contribution in [0.15, 0.2) is 66.7 Å². The molecule has 1 aliphatic carbocycles. The minimum absolute atomic E-state index is 0.000574. The maximum absolute atomic E-state index is 12.8. The van der Waals surface area contributed by atoms with Gasteiger partial charge in [-0.05, 0) is 54.2 Å². The lowest BCUT2D eigenvalue weighted by atomic mass is 9.98. The maximum Gasteiger partial charge on any atom is 0.265 e. The van der Waals surface area contributed by atoms with E-state index in [4.69, 9.17) is 10.5 Å². The molecule has 0 saturated heterocycles. The zero-order chi connectivity index (χ0) is 23.1. The van der Waals surface area contributed by atoms with Gasteiger partial charge in [0.05, 0.1) is 12.8 Å². The lowest BCUT2D eigenvalue weighted by molar-refractivity contribution is -0.117. The largest absolute Gasteiger partial charge is 0.495 e. The van der Waals surface area contributed by atoms with Crippen LogP contribution in [-0.4, -0.2) is 23.9 Å². The quantitative estimate of drug-likeness (QED) is 0.395. The van der Waals surface area contributed by atoms with Crippen LogP contribution in [0.4, 0.5) is 5.69 Å². The number of hydrogen-bond donors (Lipinski definition) is 3. The molecule has 3 aromatic carbocycles. The predicted octanol–water partition coefficient (Wildman–Crippen LogP) is 4.99. The molecule has 4 N–H and O–H groups in total. The van der Waals surface area contributed by atoms with E-state index < -0.39 is 5.91 Å². The molecular formula is C27H25N3O3. The second-order valence-corrected chi connectivity index (χ2v) is 8.55. The summed E-state index contributed by atoms with van der Waals surface area (Å²) in [5, 5.41) is 3.97. The van der Waals surface area contributed by atoms with Crippen LogP contribution in [0, 0.1) is 12.8 Å². The molecule has 1 aromatic heterocycles. The highest BCUT2D eigenvalue weighted by molar-refractivity contribution is 6.09. The van der Waals surface area contributed by atoms with Gasteiger partial charge in [-0.1, -0.05) is 48.5 Å². The van der Waals surface area contributed by atoms with Crippen LogP contribution < -0.4 is 15.8 Å². The van der Waals surface area contributed by atoms with Gasteiger partial charge in [-0.25, -0.2) is 0 Å². The first-order valence-electron chi connectivity index (χ1n) is 10.9. The van der Waals surface area contributed by atoms with Gasteiger partial charge in [-0.2, -0.15) is 0 Å². The number of para-hydroxylation sites is 1. The highest BCUT2D eigenvalue weighted by Crippen LogP contribution is 2.48. The number of aromatic amines is 1. The topological polar surface area (TPSA) is 97.2 Å². The van der Waals surface area contributed by atoms with Crippen LogP contribution in [0.2, 0.25) is 0 Å². The summed E-state index contributed by atoms with van der Waals surface area (Å²) in [6, 6.07) is 21.5. The van der Waals surface area contributed by atoms with Crippen molar-refractivity contribution >= 4 is 28.4 Å². The Morgan fingerprint density at radius 3 is 2.55 bits per heavy atom. The lowest BCUT2D eigenvalue weighted by Gasteiger charge is -2.11. The number of anilines is 1. The summed E-state index contributed by atoms with van der Waals surface area (Å²) in [7, 11) is 1.60. The van der Waals surface area contributed by atoms with E-state index in [-0.39, 0.29) is 17.7 Å². The zero-order valence-corrected chi connectivity index (χ0v) is 18.5. The fraction of sp³-hybridized carbons (Fsp3) is 0.185. The minimum Gasteiger partial charge on any atom is -0.495 e. The molecule has 0 spiro atoms. The van der Waals surface area contributed by atoms with E-state index >= 15 is 0 Å². The first kappa shape index (κ1) is 20.8. The molecule has 6 nitrogen and oxygen atoms in total. The van der Waals surface area contributed by atoms with E-state index in [0.717, 1.165) is 39.6 Å². The molecule has 0 aliphatic heterocycles. The van der Waals surface area contributed by atoms with Gasteiger partial charge in [-0.15, -0.1) is 0 Å². The first-order valence-corrected chi connectivity index (χ1v) is 10.9. The highest BCUT2D eigenvalue weighted by Gasteiger charge is 2.44. The molecule has 1 saturated carbocycles. The number of fused-ring (bicyclic) bond motifs is 1. The number of H-pyrrole nitrogens is 1. The zero-order valence-electron chi connectivity index (χ0n) is 18.5. The Balaban J connectivity index is 1.35. The lowest BCUT2D eigenvalue weighted by Crippen LogP contribution is -2.15. The van der Waals surface area contributed by atoms with Crippen molar-refractivity contribution in [3.8, 4) is 16.9 Å². The summed E-state index contributed by atoms with van der Waals surface area (Å²) in [5.41, 5.74) is 11.5. The number of aryl methyl sites for hydroxylation is 1. The van der Waals surface area contributed by atoms with E-state index in [1.54, 1.807) is 7.11 Å². The second kappa shape index (κ2) is 8.13. The van der Waals surface area contributed by atoms with E-state index in [9.17, 15) is 9.59 Å². The third kappa shape index (κ3) is 3.84.